The molecule has 1 aliphatic rings. The summed E-state index contributed by atoms with van der Waals surface area (Å²) in [6.07, 6.45) is 6.24. The lowest BCUT2D eigenvalue weighted by Crippen LogP contribution is -2.26. The molecule has 1 amide bonds. The Kier molecular flexibility index (Phi) is 5.31. The van der Waals surface area contributed by atoms with Crippen LogP contribution >= 0.6 is 0 Å². The van der Waals surface area contributed by atoms with E-state index < -0.39 is 17.7 Å². The van der Waals surface area contributed by atoms with Crippen molar-refractivity contribution < 1.29 is 18.3 Å². The molecule has 1 aliphatic heterocycles. The molecule has 4 nitrogen and oxygen atoms in total. The number of fused-ring (bicyclic) bond motifs is 3. The minimum Gasteiger partial charge on any atom is -0.450 e. The summed E-state index contributed by atoms with van der Waals surface area (Å²) in [5, 5.41) is 0.962. The molecule has 2 heterocycles. The first-order valence-corrected chi connectivity index (χ1v) is 8.64. The van der Waals surface area contributed by atoms with Crippen molar-refractivity contribution in [2.24, 2.45) is 0 Å². The van der Waals surface area contributed by atoms with Gasteiger partial charge in [-0.2, -0.15) is 0 Å². The Morgan fingerprint density at radius 3 is 2.85 bits per heavy atom. The molecular formula is C21H20F2N2O2. The molecule has 0 unspecified atom stereocenters. The Bertz CT molecular complexity index is 996. The first kappa shape index (κ1) is 18.7. The van der Waals surface area contributed by atoms with Crippen LogP contribution in [0.5, 0.6) is 0 Å². The smallest absolute Gasteiger partial charge is 0.410 e. The minimum absolute atomic E-state index is 0.141. The molecule has 0 saturated carbocycles. The number of hydrogen-bond donors (Lipinski definition) is 0. The van der Waals surface area contributed by atoms with Gasteiger partial charge in [0, 0.05) is 34.3 Å². The molecule has 0 radical (unpaired) electrons. The van der Waals surface area contributed by atoms with Crippen LogP contribution in [-0.4, -0.2) is 22.2 Å². The molecule has 0 spiro atoms. The normalized spacial score (nSPS) is 14.4. The highest BCUT2D eigenvalue weighted by molar-refractivity contribution is 5.87. The quantitative estimate of drug-likeness (QED) is 0.574. The standard InChI is InChI=1S/C21H20F2N2O2/c1-4-6-15(22)10-16(23)11-25-19-8-7-14(3)9-17(19)18-12-24(13-20(18)25)21(26)27-5-2/h1,6-10H,5,11-13H2,2-3H3/b15-6+,16-10+. The highest BCUT2D eigenvalue weighted by Crippen LogP contribution is 2.35. The lowest BCUT2D eigenvalue weighted by molar-refractivity contribution is 0.106. The van der Waals surface area contributed by atoms with Crippen molar-refractivity contribution in [3.8, 4) is 12.3 Å². The summed E-state index contributed by atoms with van der Waals surface area (Å²) >= 11 is 0. The molecule has 1 aromatic heterocycles. The van der Waals surface area contributed by atoms with Crippen LogP contribution in [0, 0.1) is 19.3 Å². The average molecular weight is 370 g/mol. The second-order valence-electron chi connectivity index (χ2n) is 6.37. The molecule has 6 heteroatoms. The number of rotatable bonds is 4. The van der Waals surface area contributed by atoms with Crippen LogP contribution in [0.25, 0.3) is 10.9 Å². The first-order valence-electron chi connectivity index (χ1n) is 8.64. The van der Waals surface area contributed by atoms with Gasteiger partial charge in [-0.1, -0.05) is 17.6 Å². The third-order valence-electron chi connectivity index (χ3n) is 4.48. The highest BCUT2D eigenvalue weighted by Gasteiger charge is 2.30. The number of amides is 1. The summed E-state index contributed by atoms with van der Waals surface area (Å²) in [6, 6.07) is 5.87. The Hall–Kier alpha value is -3.07. The fourth-order valence-corrected chi connectivity index (χ4v) is 3.37. The van der Waals surface area contributed by atoms with Gasteiger partial charge in [0.15, 0.2) is 0 Å². The van der Waals surface area contributed by atoms with E-state index in [1.807, 2.05) is 31.0 Å². The van der Waals surface area contributed by atoms with Gasteiger partial charge in [0.05, 0.1) is 26.2 Å². The van der Waals surface area contributed by atoms with Crippen LogP contribution in [0.15, 0.2) is 42.0 Å². The lowest BCUT2D eigenvalue weighted by atomic mass is 10.1. The van der Waals surface area contributed by atoms with E-state index in [1.165, 1.54) is 0 Å². The van der Waals surface area contributed by atoms with E-state index in [-0.39, 0.29) is 13.2 Å². The van der Waals surface area contributed by atoms with Gasteiger partial charge in [-0.3, -0.25) is 4.90 Å². The molecule has 0 aliphatic carbocycles. The maximum absolute atomic E-state index is 14.4. The second-order valence-corrected chi connectivity index (χ2v) is 6.37. The number of hydrogen-bond acceptors (Lipinski definition) is 2. The molecule has 140 valence electrons. The Balaban J connectivity index is 2.02. The lowest BCUT2D eigenvalue weighted by Gasteiger charge is -2.16. The second kappa shape index (κ2) is 7.67. The van der Waals surface area contributed by atoms with Gasteiger partial charge in [-0.25, -0.2) is 13.6 Å². The largest absolute Gasteiger partial charge is 0.450 e. The molecule has 2 aromatic rings. The third kappa shape index (κ3) is 3.72. The van der Waals surface area contributed by atoms with Gasteiger partial charge in [0.2, 0.25) is 0 Å². The van der Waals surface area contributed by atoms with Crippen molar-refractivity contribution in [3.63, 3.8) is 0 Å². The van der Waals surface area contributed by atoms with Gasteiger partial charge in [0.25, 0.3) is 0 Å². The van der Waals surface area contributed by atoms with Crippen molar-refractivity contribution in [1.29, 1.82) is 0 Å². The molecule has 0 atom stereocenters. The molecule has 0 bridgehead atoms. The van der Waals surface area contributed by atoms with Crippen molar-refractivity contribution in [2.75, 3.05) is 6.61 Å². The molecule has 3 rings (SSSR count). The van der Waals surface area contributed by atoms with Crippen LogP contribution in [0.3, 0.4) is 0 Å². The van der Waals surface area contributed by atoms with E-state index in [9.17, 15) is 13.6 Å². The van der Waals surface area contributed by atoms with E-state index in [0.717, 1.165) is 39.9 Å². The third-order valence-corrected chi connectivity index (χ3v) is 4.48. The van der Waals surface area contributed by atoms with E-state index in [4.69, 9.17) is 11.2 Å². The summed E-state index contributed by atoms with van der Waals surface area (Å²) in [5.74, 6) is 0.555. The first-order chi connectivity index (χ1) is 12.9. The minimum atomic E-state index is -0.813. The van der Waals surface area contributed by atoms with E-state index in [1.54, 1.807) is 16.4 Å². The maximum Gasteiger partial charge on any atom is 0.410 e. The van der Waals surface area contributed by atoms with Crippen molar-refractivity contribution in [2.45, 2.75) is 33.5 Å². The maximum atomic E-state index is 14.4. The van der Waals surface area contributed by atoms with Crippen LogP contribution in [-0.2, 0) is 24.4 Å². The van der Waals surface area contributed by atoms with Gasteiger partial charge in [-0.15, -0.1) is 6.42 Å². The highest BCUT2D eigenvalue weighted by atomic mass is 19.1. The summed E-state index contributed by atoms with van der Waals surface area (Å²) in [5.41, 5.74) is 3.71. The van der Waals surface area contributed by atoms with E-state index >= 15 is 0 Å². The zero-order valence-electron chi connectivity index (χ0n) is 15.3. The van der Waals surface area contributed by atoms with Gasteiger partial charge in [-0.05, 0) is 26.0 Å². The molecule has 27 heavy (non-hydrogen) atoms. The topological polar surface area (TPSA) is 34.5 Å². The number of aromatic nitrogens is 1. The van der Waals surface area contributed by atoms with Crippen LogP contribution in [0.1, 0.15) is 23.7 Å². The predicted octanol–water partition coefficient (Wildman–Crippen LogP) is 4.76. The molecular weight excluding hydrogens is 350 g/mol. The number of allylic oxidation sites excluding steroid dienone is 4. The van der Waals surface area contributed by atoms with Gasteiger partial charge >= 0.3 is 6.09 Å². The summed E-state index contributed by atoms with van der Waals surface area (Å²) in [4.78, 5) is 13.7. The number of nitrogens with zero attached hydrogens (tertiary/aromatic N) is 2. The molecule has 0 saturated heterocycles. The Morgan fingerprint density at radius 1 is 1.37 bits per heavy atom. The van der Waals surface area contributed by atoms with Crippen LogP contribution in [0.2, 0.25) is 0 Å². The number of carbonyl (C=O) groups is 1. The van der Waals surface area contributed by atoms with Crippen LogP contribution < -0.4 is 0 Å². The average Bonchev–Trinajstić information content (AvgIpc) is 3.15. The van der Waals surface area contributed by atoms with Gasteiger partial charge < -0.3 is 9.30 Å². The zero-order chi connectivity index (χ0) is 19.6. The fourth-order valence-electron chi connectivity index (χ4n) is 3.37. The summed E-state index contributed by atoms with van der Waals surface area (Å²) in [7, 11) is 0. The number of aryl methyl sites for hydroxylation is 1. The molecule has 0 N–H and O–H groups in total. The molecule has 0 fully saturated rings. The monoisotopic (exact) mass is 370 g/mol. The predicted molar refractivity (Wildman–Crippen MR) is 100 cm³/mol. The number of benzene rings is 1. The Labute approximate surface area is 156 Å². The number of halogens is 2. The van der Waals surface area contributed by atoms with E-state index in [2.05, 4.69) is 0 Å². The Morgan fingerprint density at radius 2 is 2.15 bits per heavy atom. The fraction of sp³-hybridized carbons (Fsp3) is 0.286. The van der Waals surface area contributed by atoms with Crippen molar-refractivity contribution >= 4 is 17.0 Å². The SMILES string of the molecule is C#C/C=C(F)\C=C(\F)Cn1c2c(c3cc(C)ccc31)CN(C(=O)OCC)C2. The van der Waals surface area contributed by atoms with E-state index in [0.29, 0.717) is 13.1 Å². The number of terminal acetylenes is 1. The van der Waals surface area contributed by atoms with Crippen molar-refractivity contribution in [3.05, 3.63) is 58.8 Å². The zero-order valence-corrected chi connectivity index (χ0v) is 15.3. The number of ether oxygens (including phenoxy) is 1. The number of carbonyl (C=O) groups excluding carboxylic acids is 1. The molecule has 1 aromatic carbocycles. The van der Waals surface area contributed by atoms with Crippen molar-refractivity contribution in [1.82, 2.24) is 9.47 Å². The summed E-state index contributed by atoms with van der Waals surface area (Å²) < 4.78 is 34.7. The van der Waals surface area contributed by atoms with Crippen LogP contribution in [0.4, 0.5) is 13.6 Å². The van der Waals surface area contributed by atoms with Gasteiger partial charge in [0.1, 0.15) is 11.7 Å². The summed E-state index contributed by atoms with van der Waals surface area (Å²) in [6.45, 7) is 4.59.